The lowest BCUT2D eigenvalue weighted by atomic mass is 9.90. The number of rotatable bonds is 2. The maximum Gasteiger partial charge on any atom is 0.0460 e. The molecule has 2 N–H and O–H groups in total. The Kier molecular flexibility index (Phi) is 4.01. The SMILES string of the molecule is C1=C(c2ccc3[nH]cc(C4=CCNC5CCCC5C4)c3c2)CCCC1. The molecule has 0 amide bonds. The van der Waals surface area contributed by atoms with Gasteiger partial charge in [-0.3, -0.25) is 0 Å². The van der Waals surface area contributed by atoms with Crippen LogP contribution in [-0.2, 0) is 0 Å². The van der Waals surface area contributed by atoms with Crippen molar-refractivity contribution < 1.29 is 0 Å². The van der Waals surface area contributed by atoms with Crippen LogP contribution in [0.15, 0.2) is 36.5 Å². The van der Waals surface area contributed by atoms with Crippen molar-refractivity contribution in [2.45, 2.75) is 57.4 Å². The third kappa shape index (κ3) is 2.87. The van der Waals surface area contributed by atoms with Gasteiger partial charge in [-0.2, -0.15) is 0 Å². The Balaban J connectivity index is 1.52. The molecule has 0 radical (unpaired) electrons. The second-order valence-corrected chi connectivity index (χ2v) is 8.08. The van der Waals surface area contributed by atoms with Crippen molar-refractivity contribution in [3.05, 3.63) is 47.7 Å². The molecule has 1 saturated carbocycles. The van der Waals surface area contributed by atoms with Crippen LogP contribution >= 0.6 is 0 Å². The van der Waals surface area contributed by atoms with Crippen molar-refractivity contribution in [3.63, 3.8) is 0 Å². The highest BCUT2D eigenvalue weighted by Gasteiger charge is 2.29. The normalized spacial score (nSPS) is 26.9. The number of fused-ring (bicyclic) bond motifs is 2. The third-order valence-electron chi connectivity index (χ3n) is 6.56. The fraction of sp³-hybridized carbons (Fsp3) is 0.478. The van der Waals surface area contributed by atoms with Crippen molar-refractivity contribution in [2.75, 3.05) is 6.54 Å². The lowest BCUT2D eigenvalue weighted by molar-refractivity contribution is 0.430. The molecule has 3 aliphatic rings. The summed E-state index contributed by atoms with van der Waals surface area (Å²) in [5.74, 6) is 0.822. The Bertz CT molecular complexity index is 839. The largest absolute Gasteiger partial charge is 0.361 e. The van der Waals surface area contributed by atoms with Crippen molar-refractivity contribution in [1.29, 1.82) is 0 Å². The first-order chi connectivity index (χ1) is 12.4. The van der Waals surface area contributed by atoms with Crippen LogP contribution in [0.3, 0.4) is 0 Å². The number of nitrogens with one attached hydrogen (secondary N) is 2. The summed E-state index contributed by atoms with van der Waals surface area (Å²) in [5.41, 5.74) is 7.23. The van der Waals surface area contributed by atoms with E-state index in [2.05, 4.69) is 46.8 Å². The Morgan fingerprint density at radius 1 is 0.960 bits per heavy atom. The molecule has 1 aliphatic heterocycles. The second kappa shape index (κ2) is 6.49. The van der Waals surface area contributed by atoms with Gasteiger partial charge in [0.25, 0.3) is 0 Å². The first-order valence-corrected chi connectivity index (χ1v) is 10.1. The molecule has 0 spiro atoms. The van der Waals surface area contributed by atoms with Gasteiger partial charge in [-0.25, -0.2) is 0 Å². The van der Waals surface area contributed by atoms with Crippen molar-refractivity contribution in [2.24, 2.45) is 5.92 Å². The third-order valence-corrected chi connectivity index (χ3v) is 6.56. The molecule has 0 bridgehead atoms. The van der Waals surface area contributed by atoms with Crippen LogP contribution in [0.5, 0.6) is 0 Å². The van der Waals surface area contributed by atoms with Gasteiger partial charge in [0.2, 0.25) is 0 Å². The van der Waals surface area contributed by atoms with Gasteiger partial charge in [0.05, 0.1) is 0 Å². The van der Waals surface area contributed by atoms with E-state index in [1.54, 1.807) is 11.1 Å². The molecule has 2 heteroatoms. The van der Waals surface area contributed by atoms with Gasteiger partial charge in [0.15, 0.2) is 0 Å². The summed E-state index contributed by atoms with van der Waals surface area (Å²) in [4.78, 5) is 3.51. The minimum Gasteiger partial charge on any atom is -0.361 e. The molecule has 5 rings (SSSR count). The van der Waals surface area contributed by atoms with Crippen molar-refractivity contribution >= 4 is 22.0 Å². The van der Waals surface area contributed by atoms with Crippen LogP contribution in [0.1, 0.15) is 62.5 Å². The highest BCUT2D eigenvalue weighted by Crippen LogP contribution is 2.38. The predicted octanol–water partition coefficient (Wildman–Crippen LogP) is 5.67. The van der Waals surface area contributed by atoms with E-state index in [0.29, 0.717) is 0 Å². The summed E-state index contributed by atoms with van der Waals surface area (Å²) < 4.78 is 0. The van der Waals surface area contributed by atoms with Gasteiger partial charge in [-0.1, -0.05) is 24.6 Å². The van der Waals surface area contributed by atoms with Gasteiger partial charge >= 0.3 is 0 Å². The molecule has 1 aromatic heterocycles. The quantitative estimate of drug-likeness (QED) is 0.728. The standard InChI is InChI=1S/C23H28N2/c1-2-5-16(6-3-1)17-9-10-23-20(14-17)21(15-25-23)18-11-12-24-22-8-4-7-19(22)13-18/h5,9-11,14-15,19,22,24-25H,1-4,6-8,12-13H2. The number of hydrogen-bond acceptors (Lipinski definition) is 1. The highest BCUT2D eigenvalue weighted by molar-refractivity contribution is 5.94. The van der Waals surface area contributed by atoms with Gasteiger partial charge < -0.3 is 10.3 Å². The number of hydrogen-bond donors (Lipinski definition) is 2. The van der Waals surface area contributed by atoms with Crippen LogP contribution < -0.4 is 5.32 Å². The summed E-state index contributed by atoms with van der Waals surface area (Å²) >= 11 is 0. The highest BCUT2D eigenvalue weighted by atomic mass is 14.9. The predicted molar refractivity (Wildman–Crippen MR) is 106 cm³/mol. The summed E-state index contributed by atoms with van der Waals surface area (Å²) in [5, 5.41) is 5.16. The van der Waals surface area contributed by atoms with E-state index >= 15 is 0 Å². The molecule has 1 aromatic carbocycles. The number of H-pyrrole nitrogens is 1. The smallest absolute Gasteiger partial charge is 0.0460 e. The molecule has 2 aromatic rings. The van der Waals surface area contributed by atoms with Crippen molar-refractivity contribution in [1.82, 2.24) is 10.3 Å². The van der Waals surface area contributed by atoms with E-state index in [0.717, 1.165) is 18.5 Å². The van der Waals surface area contributed by atoms with Crippen LogP contribution in [0.2, 0.25) is 0 Å². The van der Waals surface area contributed by atoms with E-state index in [4.69, 9.17) is 0 Å². The lowest BCUT2D eigenvalue weighted by Gasteiger charge is -2.18. The summed E-state index contributed by atoms with van der Waals surface area (Å²) in [7, 11) is 0. The maximum absolute atomic E-state index is 3.75. The molecule has 2 unspecified atom stereocenters. The zero-order chi connectivity index (χ0) is 16.6. The average Bonchev–Trinajstić information content (AvgIpc) is 3.23. The van der Waals surface area contributed by atoms with Crippen LogP contribution in [0.4, 0.5) is 0 Å². The van der Waals surface area contributed by atoms with Crippen molar-refractivity contribution in [3.8, 4) is 0 Å². The molecular weight excluding hydrogens is 304 g/mol. The maximum atomic E-state index is 3.75. The molecular formula is C23H28N2. The summed E-state index contributed by atoms with van der Waals surface area (Å²) in [6.07, 6.45) is 17.7. The average molecular weight is 332 g/mol. The first-order valence-electron chi connectivity index (χ1n) is 10.1. The Hall–Kier alpha value is -1.80. The van der Waals surface area contributed by atoms with E-state index < -0.39 is 0 Å². The second-order valence-electron chi connectivity index (χ2n) is 8.08. The molecule has 2 atom stereocenters. The van der Waals surface area contributed by atoms with Crippen LogP contribution in [0, 0.1) is 5.92 Å². The van der Waals surface area contributed by atoms with Gasteiger partial charge in [0.1, 0.15) is 0 Å². The number of benzene rings is 1. The van der Waals surface area contributed by atoms with Gasteiger partial charge in [0, 0.05) is 35.2 Å². The van der Waals surface area contributed by atoms with Gasteiger partial charge in [-0.05, 0) is 79.7 Å². The lowest BCUT2D eigenvalue weighted by Crippen LogP contribution is -2.30. The summed E-state index contributed by atoms with van der Waals surface area (Å²) in [6.45, 7) is 1.02. The fourth-order valence-corrected chi connectivity index (χ4v) is 5.16. The van der Waals surface area contributed by atoms with Crippen LogP contribution in [0.25, 0.3) is 22.0 Å². The van der Waals surface area contributed by atoms with E-state index in [9.17, 15) is 0 Å². The minimum atomic E-state index is 0.738. The summed E-state index contributed by atoms with van der Waals surface area (Å²) in [6, 6.07) is 7.75. The molecule has 2 aliphatic carbocycles. The fourth-order valence-electron chi connectivity index (χ4n) is 5.16. The first kappa shape index (κ1) is 15.5. The Labute approximate surface area is 150 Å². The number of aromatic amines is 1. The Morgan fingerprint density at radius 2 is 1.96 bits per heavy atom. The molecule has 130 valence electrons. The molecule has 2 nitrogen and oxygen atoms in total. The molecule has 0 saturated heterocycles. The zero-order valence-electron chi connectivity index (χ0n) is 15.0. The van der Waals surface area contributed by atoms with E-state index in [1.165, 1.54) is 73.4 Å². The molecule has 2 heterocycles. The topological polar surface area (TPSA) is 27.8 Å². The zero-order valence-corrected chi connectivity index (χ0v) is 15.0. The van der Waals surface area contributed by atoms with E-state index in [1.807, 2.05) is 0 Å². The molecule has 1 fully saturated rings. The van der Waals surface area contributed by atoms with Crippen LogP contribution in [-0.4, -0.2) is 17.6 Å². The van der Waals surface area contributed by atoms with Gasteiger partial charge in [-0.15, -0.1) is 0 Å². The number of aromatic nitrogens is 1. The van der Waals surface area contributed by atoms with E-state index in [-0.39, 0.29) is 0 Å². The monoisotopic (exact) mass is 332 g/mol. The Morgan fingerprint density at radius 3 is 2.88 bits per heavy atom. The number of allylic oxidation sites excluding steroid dienone is 3. The molecule has 25 heavy (non-hydrogen) atoms. The minimum absolute atomic E-state index is 0.738.